The predicted octanol–water partition coefficient (Wildman–Crippen LogP) is 6.62. The van der Waals surface area contributed by atoms with Crippen LogP contribution in [0.25, 0.3) is 11.0 Å². The second kappa shape index (κ2) is 15.1. The second-order valence-electron chi connectivity index (χ2n) is 11.7. The van der Waals surface area contributed by atoms with Gasteiger partial charge in [-0.2, -0.15) is 0 Å². The van der Waals surface area contributed by atoms with Gasteiger partial charge in [-0.05, 0) is 85.6 Å². The standard InChI is InChI=1S/C17H17N3O.C8H16O2.C6H13NO2S/c1-12(2)21-17-16(18-13-8-4-3-5-9-13)19-14-10-6-7-11-15(14)20-17;1-6(2)7(9)10-8(3,4)5;1-5(2)7-10(8,9)6-3-4-6/h3-12H,1-2H3,(H,18,19);6H,1-5H3;5-7H,3-4H2,1-2H3. The number of rotatable bonds is 8. The molecule has 0 aliphatic heterocycles. The van der Waals surface area contributed by atoms with Gasteiger partial charge in [0.1, 0.15) is 5.60 Å². The molecule has 0 unspecified atom stereocenters. The summed E-state index contributed by atoms with van der Waals surface area (Å²) in [5.41, 5.74) is 2.27. The van der Waals surface area contributed by atoms with Crippen molar-refractivity contribution in [3.8, 4) is 5.88 Å². The number of esters is 1. The van der Waals surface area contributed by atoms with E-state index in [0.29, 0.717) is 11.7 Å². The number of ether oxygens (including phenoxy) is 2. The quantitative estimate of drug-likeness (QED) is 0.283. The van der Waals surface area contributed by atoms with Gasteiger partial charge in [0.05, 0.1) is 28.3 Å². The fourth-order valence-electron chi connectivity index (χ4n) is 3.25. The maximum absolute atomic E-state index is 11.1. The highest BCUT2D eigenvalue weighted by molar-refractivity contribution is 7.90. The van der Waals surface area contributed by atoms with Crippen molar-refractivity contribution in [1.82, 2.24) is 14.7 Å². The van der Waals surface area contributed by atoms with Crippen molar-refractivity contribution < 1.29 is 22.7 Å². The number of nitrogens with one attached hydrogen (secondary N) is 2. The average molecular weight is 587 g/mol. The Morgan fingerprint density at radius 3 is 1.85 bits per heavy atom. The molecule has 9 nitrogen and oxygen atoms in total. The van der Waals surface area contributed by atoms with Crippen molar-refractivity contribution in [3.63, 3.8) is 0 Å². The van der Waals surface area contributed by atoms with Crippen LogP contribution < -0.4 is 14.8 Å². The molecule has 10 heteroatoms. The van der Waals surface area contributed by atoms with Crippen LogP contribution in [0.4, 0.5) is 11.5 Å². The van der Waals surface area contributed by atoms with E-state index in [1.165, 1.54) is 0 Å². The van der Waals surface area contributed by atoms with E-state index in [1.54, 1.807) is 0 Å². The average Bonchev–Trinajstić information content (AvgIpc) is 3.70. The Labute approximate surface area is 245 Å². The fourth-order valence-corrected chi connectivity index (χ4v) is 4.86. The smallest absolute Gasteiger partial charge is 0.308 e. The van der Waals surface area contributed by atoms with Crippen LogP contribution in [0.15, 0.2) is 54.6 Å². The molecule has 0 bridgehead atoms. The summed E-state index contributed by atoms with van der Waals surface area (Å²) in [5.74, 6) is 0.993. The first-order chi connectivity index (χ1) is 19.1. The first kappa shape index (κ1) is 34.0. The van der Waals surface area contributed by atoms with Crippen LogP contribution in [0.5, 0.6) is 5.88 Å². The van der Waals surface area contributed by atoms with E-state index in [4.69, 9.17) is 9.47 Å². The zero-order valence-electron chi connectivity index (χ0n) is 25.8. The third-order valence-electron chi connectivity index (χ3n) is 5.16. The Bertz CT molecular complexity index is 1350. The van der Waals surface area contributed by atoms with Crippen LogP contribution in [0.1, 0.15) is 75.2 Å². The molecule has 3 aromatic rings. The third kappa shape index (κ3) is 12.9. The molecule has 1 fully saturated rings. The Morgan fingerprint density at radius 2 is 1.41 bits per heavy atom. The molecular weight excluding hydrogens is 540 g/mol. The van der Waals surface area contributed by atoms with Crippen LogP contribution in [0.3, 0.4) is 0 Å². The van der Waals surface area contributed by atoms with Gasteiger partial charge in [-0.25, -0.2) is 23.1 Å². The predicted molar refractivity (Wildman–Crippen MR) is 166 cm³/mol. The van der Waals surface area contributed by atoms with Crippen molar-refractivity contribution in [2.45, 2.75) is 98.2 Å². The Morgan fingerprint density at radius 1 is 0.878 bits per heavy atom. The van der Waals surface area contributed by atoms with Gasteiger partial charge in [0.2, 0.25) is 10.0 Å². The Balaban J connectivity index is 0.000000247. The molecule has 0 radical (unpaired) electrons. The van der Waals surface area contributed by atoms with Gasteiger partial charge < -0.3 is 14.8 Å². The summed E-state index contributed by atoms with van der Waals surface area (Å²) in [7, 11) is -2.94. The van der Waals surface area contributed by atoms with E-state index >= 15 is 0 Å². The molecule has 1 aliphatic carbocycles. The van der Waals surface area contributed by atoms with E-state index in [2.05, 4.69) is 20.0 Å². The molecule has 0 saturated heterocycles. The highest BCUT2D eigenvalue weighted by atomic mass is 32.2. The van der Waals surface area contributed by atoms with Crippen molar-refractivity contribution in [2.24, 2.45) is 5.92 Å². The summed E-state index contributed by atoms with van der Waals surface area (Å²) in [6.45, 7) is 16.9. The number of anilines is 2. The van der Waals surface area contributed by atoms with Crippen LogP contribution in [0, 0.1) is 5.92 Å². The molecule has 1 heterocycles. The van der Waals surface area contributed by atoms with Gasteiger partial charge in [-0.15, -0.1) is 0 Å². The van der Waals surface area contributed by atoms with E-state index in [0.717, 1.165) is 29.6 Å². The summed E-state index contributed by atoms with van der Waals surface area (Å²) in [4.78, 5) is 20.1. The number of hydrogen-bond donors (Lipinski definition) is 2. The number of hydrogen-bond acceptors (Lipinski definition) is 8. The molecule has 0 spiro atoms. The van der Waals surface area contributed by atoms with Gasteiger partial charge in [0.25, 0.3) is 5.88 Å². The van der Waals surface area contributed by atoms with E-state index < -0.39 is 10.0 Å². The first-order valence-corrected chi connectivity index (χ1v) is 15.6. The number of sulfonamides is 1. The molecule has 4 rings (SSSR count). The molecule has 2 N–H and O–H groups in total. The SMILES string of the molecule is CC(C)C(=O)OC(C)(C)C.CC(C)NS(=O)(=O)C1CC1.CC(C)Oc1nc2ccccc2nc1Nc1ccccc1. The molecular formula is C31H46N4O5S. The lowest BCUT2D eigenvalue weighted by molar-refractivity contribution is -0.158. The van der Waals surface area contributed by atoms with Crippen molar-refractivity contribution in [2.75, 3.05) is 5.32 Å². The van der Waals surface area contributed by atoms with Gasteiger partial charge >= 0.3 is 5.97 Å². The molecule has 226 valence electrons. The van der Waals surface area contributed by atoms with E-state index in [1.807, 2.05) is 117 Å². The number of fused-ring (bicyclic) bond motifs is 1. The molecule has 1 saturated carbocycles. The van der Waals surface area contributed by atoms with Crippen LogP contribution in [-0.4, -0.2) is 47.4 Å². The summed E-state index contributed by atoms with van der Waals surface area (Å²) >= 11 is 0. The van der Waals surface area contributed by atoms with Crippen molar-refractivity contribution in [3.05, 3.63) is 54.6 Å². The number of nitrogens with zero attached hydrogens (tertiary/aromatic N) is 2. The minimum atomic E-state index is -2.94. The lowest BCUT2D eigenvalue weighted by Gasteiger charge is -2.20. The molecule has 0 amide bonds. The van der Waals surface area contributed by atoms with Crippen LogP contribution >= 0.6 is 0 Å². The minimum absolute atomic E-state index is 0.0285. The molecule has 2 aromatic carbocycles. The highest BCUT2D eigenvalue weighted by Gasteiger charge is 2.35. The zero-order chi connectivity index (χ0) is 30.8. The number of carbonyl (C=O) groups is 1. The summed E-state index contributed by atoms with van der Waals surface area (Å²) in [6, 6.07) is 17.7. The molecule has 1 aromatic heterocycles. The van der Waals surface area contributed by atoms with Crippen LogP contribution in [0.2, 0.25) is 0 Å². The van der Waals surface area contributed by atoms with Gasteiger partial charge in [0, 0.05) is 11.7 Å². The third-order valence-corrected chi connectivity index (χ3v) is 7.31. The number of aromatic nitrogens is 2. The van der Waals surface area contributed by atoms with Gasteiger partial charge in [0.15, 0.2) is 5.82 Å². The Hall–Kier alpha value is -3.24. The highest BCUT2D eigenvalue weighted by Crippen LogP contribution is 2.28. The maximum Gasteiger partial charge on any atom is 0.308 e. The molecule has 0 atom stereocenters. The van der Waals surface area contributed by atoms with Crippen LogP contribution in [-0.2, 0) is 19.6 Å². The maximum atomic E-state index is 11.1. The number of para-hydroxylation sites is 3. The minimum Gasteiger partial charge on any atom is -0.472 e. The summed E-state index contributed by atoms with van der Waals surface area (Å²) in [5, 5.41) is 3.18. The van der Waals surface area contributed by atoms with Crippen molar-refractivity contribution in [1.29, 1.82) is 0 Å². The largest absolute Gasteiger partial charge is 0.472 e. The topological polar surface area (TPSA) is 120 Å². The zero-order valence-corrected chi connectivity index (χ0v) is 26.6. The van der Waals surface area contributed by atoms with Gasteiger partial charge in [-0.3, -0.25) is 4.79 Å². The van der Waals surface area contributed by atoms with Gasteiger partial charge in [-0.1, -0.05) is 44.2 Å². The molecule has 41 heavy (non-hydrogen) atoms. The monoisotopic (exact) mass is 586 g/mol. The lowest BCUT2D eigenvalue weighted by atomic mass is 10.1. The fraction of sp³-hybridized carbons (Fsp3) is 0.516. The molecule has 1 aliphatic rings. The second-order valence-corrected chi connectivity index (χ2v) is 13.7. The number of carbonyl (C=O) groups excluding carboxylic acids is 1. The Kier molecular flexibility index (Phi) is 12.5. The first-order valence-electron chi connectivity index (χ1n) is 14.1. The van der Waals surface area contributed by atoms with Crippen molar-refractivity contribution >= 4 is 38.5 Å². The van der Waals surface area contributed by atoms with E-state index in [9.17, 15) is 13.2 Å². The summed E-state index contributed by atoms with van der Waals surface area (Å²) < 4.78 is 35.6. The van der Waals surface area contributed by atoms with E-state index in [-0.39, 0.29) is 34.9 Å². The number of benzene rings is 2. The lowest BCUT2D eigenvalue weighted by Crippen LogP contribution is -2.32. The normalized spacial score (nSPS) is 13.3. The summed E-state index contributed by atoms with van der Waals surface area (Å²) in [6.07, 6.45) is 1.71.